The van der Waals surface area contributed by atoms with E-state index in [1.807, 2.05) is 0 Å². The van der Waals surface area contributed by atoms with Crippen molar-refractivity contribution in [2.75, 3.05) is 0 Å². The van der Waals surface area contributed by atoms with Gasteiger partial charge in [0.25, 0.3) is 6.43 Å². The van der Waals surface area contributed by atoms with Crippen LogP contribution in [0.4, 0.5) is 13.6 Å². The van der Waals surface area contributed by atoms with Gasteiger partial charge in [0.2, 0.25) is 0 Å². The molecule has 0 heterocycles. The summed E-state index contributed by atoms with van der Waals surface area (Å²) in [7, 11) is 0. The average Bonchev–Trinajstić information content (AvgIpc) is 1.63. The van der Waals surface area contributed by atoms with Crippen LogP contribution < -0.4 is 5.32 Å². The Bertz CT molecular complexity index is 107. The average molecular weight is 139 g/mol. The summed E-state index contributed by atoms with van der Waals surface area (Å²) in [4.78, 5) is 9.67. The van der Waals surface area contributed by atoms with Crippen LogP contribution in [0.15, 0.2) is 0 Å². The minimum Gasteiger partial charge on any atom is -0.465 e. The number of carboxylic acid groups (broad SMARTS) is 1. The molecule has 3 nitrogen and oxygen atoms in total. The molecule has 5 heteroatoms. The van der Waals surface area contributed by atoms with Crippen molar-refractivity contribution in [3.05, 3.63) is 0 Å². The highest BCUT2D eigenvalue weighted by molar-refractivity contribution is 5.64. The predicted molar refractivity (Wildman–Crippen MR) is 26.6 cm³/mol. The third kappa shape index (κ3) is 3.69. The zero-order valence-electron chi connectivity index (χ0n) is 4.77. The topological polar surface area (TPSA) is 49.3 Å². The van der Waals surface area contributed by atoms with Gasteiger partial charge in [-0.25, -0.2) is 13.6 Å². The van der Waals surface area contributed by atoms with Crippen molar-refractivity contribution < 1.29 is 18.7 Å². The number of carbonyl (C=O) groups is 1. The van der Waals surface area contributed by atoms with Crippen LogP contribution in [0.5, 0.6) is 0 Å². The lowest BCUT2D eigenvalue weighted by Gasteiger charge is -2.07. The molecule has 9 heavy (non-hydrogen) atoms. The summed E-state index contributed by atoms with van der Waals surface area (Å²) in [6.45, 7) is 1.10. The van der Waals surface area contributed by atoms with Crippen molar-refractivity contribution in [2.45, 2.75) is 19.4 Å². The van der Waals surface area contributed by atoms with E-state index < -0.39 is 18.6 Å². The molecule has 0 aliphatic rings. The monoisotopic (exact) mass is 139 g/mol. The van der Waals surface area contributed by atoms with Crippen LogP contribution >= 0.6 is 0 Å². The van der Waals surface area contributed by atoms with Crippen molar-refractivity contribution in [2.24, 2.45) is 0 Å². The lowest BCUT2D eigenvalue weighted by atomic mass is 10.4. The fraction of sp³-hybridized carbons (Fsp3) is 0.750. The molecule has 54 valence electrons. The van der Waals surface area contributed by atoms with Crippen LogP contribution in [0.3, 0.4) is 0 Å². The highest BCUT2D eigenvalue weighted by atomic mass is 19.3. The zero-order chi connectivity index (χ0) is 7.44. The molecule has 0 aliphatic carbocycles. The van der Waals surface area contributed by atoms with E-state index in [2.05, 4.69) is 0 Å². The Kier molecular flexibility index (Phi) is 2.90. The summed E-state index contributed by atoms with van der Waals surface area (Å²) in [5, 5.41) is 9.50. The Morgan fingerprint density at radius 3 is 2.22 bits per heavy atom. The van der Waals surface area contributed by atoms with Crippen molar-refractivity contribution in [3.8, 4) is 0 Å². The summed E-state index contributed by atoms with van der Waals surface area (Å²) in [6, 6.07) is -1.29. The smallest absolute Gasteiger partial charge is 0.405 e. The molecule has 0 aliphatic heterocycles. The fourth-order valence-electron chi connectivity index (χ4n) is 0.258. The summed E-state index contributed by atoms with van der Waals surface area (Å²) >= 11 is 0. The Balaban J connectivity index is 3.50. The number of alkyl halides is 2. The minimum absolute atomic E-state index is 1.10. The Morgan fingerprint density at radius 1 is 1.67 bits per heavy atom. The van der Waals surface area contributed by atoms with Crippen molar-refractivity contribution in [1.29, 1.82) is 0 Å². The standard InChI is InChI=1S/C4H7F2NO2/c1-2(3(5)6)7-4(8)9/h2-3,7H,1H3,(H,8,9)/t2-/m1/s1. The largest absolute Gasteiger partial charge is 0.465 e. The lowest BCUT2D eigenvalue weighted by molar-refractivity contribution is 0.102. The first-order chi connectivity index (χ1) is 4.04. The molecule has 0 rings (SSSR count). The van der Waals surface area contributed by atoms with E-state index >= 15 is 0 Å². The van der Waals surface area contributed by atoms with Gasteiger partial charge < -0.3 is 10.4 Å². The van der Waals surface area contributed by atoms with Gasteiger partial charge in [-0.05, 0) is 6.92 Å². The molecule has 0 aromatic rings. The van der Waals surface area contributed by atoms with Crippen LogP contribution in [0, 0.1) is 0 Å². The van der Waals surface area contributed by atoms with E-state index in [9.17, 15) is 13.6 Å². The summed E-state index contributed by atoms with van der Waals surface area (Å²) in [5.74, 6) is 0. The summed E-state index contributed by atoms with van der Waals surface area (Å²) in [5.41, 5.74) is 0. The van der Waals surface area contributed by atoms with Crippen LogP contribution in [-0.4, -0.2) is 23.7 Å². The number of hydrogen-bond acceptors (Lipinski definition) is 1. The van der Waals surface area contributed by atoms with Gasteiger partial charge in [-0.15, -0.1) is 0 Å². The SMILES string of the molecule is C[C@@H](NC(=O)O)C(F)F. The van der Waals surface area contributed by atoms with Crippen LogP contribution in [-0.2, 0) is 0 Å². The maximum absolute atomic E-state index is 11.5. The van der Waals surface area contributed by atoms with Gasteiger partial charge in [-0.2, -0.15) is 0 Å². The van der Waals surface area contributed by atoms with Gasteiger partial charge in [0.1, 0.15) is 0 Å². The predicted octanol–water partition coefficient (Wildman–Crippen LogP) is 0.908. The molecule has 0 saturated carbocycles. The molecule has 0 unspecified atom stereocenters. The molecule has 0 spiro atoms. The molecule has 1 atom stereocenters. The Morgan fingerprint density at radius 2 is 2.11 bits per heavy atom. The van der Waals surface area contributed by atoms with Crippen LogP contribution in [0.2, 0.25) is 0 Å². The van der Waals surface area contributed by atoms with Gasteiger partial charge in [0, 0.05) is 0 Å². The first-order valence-corrected chi connectivity index (χ1v) is 2.31. The molecular formula is C4H7F2NO2. The Labute approximate surface area is 50.7 Å². The number of nitrogens with one attached hydrogen (secondary N) is 1. The van der Waals surface area contributed by atoms with E-state index in [4.69, 9.17) is 5.11 Å². The van der Waals surface area contributed by atoms with Crippen molar-refractivity contribution in [1.82, 2.24) is 5.32 Å². The van der Waals surface area contributed by atoms with Gasteiger partial charge in [-0.3, -0.25) is 0 Å². The van der Waals surface area contributed by atoms with Crippen LogP contribution in [0.1, 0.15) is 6.92 Å². The summed E-state index contributed by atoms with van der Waals surface area (Å²) < 4.78 is 22.9. The van der Waals surface area contributed by atoms with Gasteiger partial charge in [0.05, 0.1) is 6.04 Å². The highest BCUT2D eigenvalue weighted by Gasteiger charge is 2.15. The van der Waals surface area contributed by atoms with E-state index in [0.29, 0.717) is 0 Å². The fourth-order valence-corrected chi connectivity index (χ4v) is 0.258. The second-order valence-electron chi connectivity index (χ2n) is 1.57. The van der Waals surface area contributed by atoms with Crippen molar-refractivity contribution >= 4 is 6.09 Å². The molecule has 0 fully saturated rings. The van der Waals surface area contributed by atoms with E-state index in [-0.39, 0.29) is 0 Å². The lowest BCUT2D eigenvalue weighted by Crippen LogP contribution is -2.36. The third-order valence-corrected chi connectivity index (χ3v) is 0.729. The molecule has 0 bridgehead atoms. The molecule has 0 radical (unpaired) electrons. The van der Waals surface area contributed by atoms with Crippen LogP contribution in [0.25, 0.3) is 0 Å². The molecular weight excluding hydrogens is 132 g/mol. The van der Waals surface area contributed by atoms with Crippen molar-refractivity contribution in [3.63, 3.8) is 0 Å². The van der Waals surface area contributed by atoms with E-state index in [0.717, 1.165) is 6.92 Å². The second kappa shape index (κ2) is 3.21. The molecule has 1 amide bonds. The van der Waals surface area contributed by atoms with Gasteiger partial charge in [-0.1, -0.05) is 0 Å². The van der Waals surface area contributed by atoms with Gasteiger partial charge in [0.15, 0.2) is 0 Å². The normalized spacial score (nSPS) is 13.3. The number of rotatable bonds is 2. The highest BCUT2D eigenvalue weighted by Crippen LogP contribution is 1.97. The minimum atomic E-state index is -2.64. The van der Waals surface area contributed by atoms with E-state index in [1.165, 1.54) is 0 Å². The zero-order valence-corrected chi connectivity index (χ0v) is 4.77. The number of halogens is 2. The van der Waals surface area contributed by atoms with E-state index in [1.54, 1.807) is 5.32 Å². The first kappa shape index (κ1) is 8.13. The second-order valence-corrected chi connectivity index (χ2v) is 1.57. The van der Waals surface area contributed by atoms with Gasteiger partial charge >= 0.3 is 6.09 Å². The number of amides is 1. The third-order valence-electron chi connectivity index (χ3n) is 0.729. The maximum Gasteiger partial charge on any atom is 0.405 e. The number of hydrogen-bond donors (Lipinski definition) is 2. The molecule has 0 aromatic heterocycles. The summed E-state index contributed by atoms with van der Waals surface area (Å²) in [6.07, 6.45) is -4.07. The molecule has 0 saturated heterocycles. The first-order valence-electron chi connectivity index (χ1n) is 2.31. The Hall–Kier alpha value is -0.870. The molecule has 2 N–H and O–H groups in total. The molecule has 0 aromatic carbocycles. The maximum atomic E-state index is 11.5. The quantitative estimate of drug-likeness (QED) is 0.597.